The maximum absolute atomic E-state index is 11.5. The van der Waals surface area contributed by atoms with Crippen molar-refractivity contribution >= 4 is 5.97 Å². The molecule has 0 heterocycles. The topological polar surface area (TPSA) is 37.3 Å². The van der Waals surface area contributed by atoms with Crippen LogP contribution < -0.4 is 0 Å². The number of carbonyl (C=O) groups is 1. The fourth-order valence-electron chi connectivity index (χ4n) is 3.46. The van der Waals surface area contributed by atoms with E-state index in [4.69, 9.17) is 0 Å². The second-order valence-electron chi connectivity index (χ2n) is 5.64. The van der Waals surface area contributed by atoms with Gasteiger partial charge in [0.15, 0.2) is 0 Å². The van der Waals surface area contributed by atoms with Crippen LogP contribution in [0.3, 0.4) is 0 Å². The zero-order valence-corrected chi connectivity index (χ0v) is 9.83. The number of carboxylic acid groups (broad SMARTS) is 1. The largest absolute Gasteiger partial charge is 0.481 e. The van der Waals surface area contributed by atoms with Crippen LogP contribution in [0.2, 0.25) is 0 Å². The van der Waals surface area contributed by atoms with Gasteiger partial charge in [-0.2, -0.15) is 0 Å². The summed E-state index contributed by atoms with van der Waals surface area (Å²) in [5.74, 6) is 1.60. The highest BCUT2D eigenvalue weighted by molar-refractivity contribution is 5.75. The van der Waals surface area contributed by atoms with Crippen LogP contribution in [0.4, 0.5) is 0 Å². The first-order chi connectivity index (χ1) is 7.11. The lowest BCUT2D eigenvalue weighted by Crippen LogP contribution is -2.31. The Morgan fingerprint density at radius 1 is 1.33 bits per heavy atom. The van der Waals surface area contributed by atoms with Gasteiger partial charge in [-0.25, -0.2) is 0 Å². The summed E-state index contributed by atoms with van der Waals surface area (Å²) < 4.78 is 0. The smallest absolute Gasteiger partial charge is 0.309 e. The Bertz CT molecular complexity index is 245. The molecule has 0 aliphatic heterocycles. The second kappa shape index (κ2) is 3.80. The molecular weight excluding hydrogens is 188 g/mol. The third-order valence-electron chi connectivity index (χ3n) is 4.66. The van der Waals surface area contributed by atoms with E-state index in [-0.39, 0.29) is 5.41 Å². The quantitative estimate of drug-likeness (QED) is 0.755. The number of carboxylic acids is 1. The first kappa shape index (κ1) is 11.0. The van der Waals surface area contributed by atoms with Crippen molar-refractivity contribution in [2.75, 3.05) is 0 Å². The molecular formula is C13H22O2. The van der Waals surface area contributed by atoms with Crippen LogP contribution in [0.5, 0.6) is 0 Å². The zero-order chi connectivity index (χ0) is 11.1. The van der Waals surface area contributed by atoms with E-state index in [1.54, 1.807) is 0 Å². The molecule has 1 N–H and O–H groups in total. The Balaban J connectivity index is 2.03. The number of fused-ring (bicyclic) bond motifs is 1. The average molecular weight is 210 g/mol. The van der Waals surface area contributed by atoms with Gasteiger partial charge in [-0.05, 0) is 43.4 Å². The molecule has 0 bridgehead atoms. The van der Waals surface area contributed by atoms with Crippen molar-refractivity contribution in [2.45, 2.75) is 52.4 Å². The highest BCUT2D eigenvalue weighted by Crippen LogP contribution is 2.62. The SMILES string of the molecule is CCC(CC)CC1(C(=O)O)CC2CC2C1. The lowest BCUT2D eigenvalue weighted by Gasteiger charge is -2.29. The van der Waals surface area contributed by atoms with Gasteiger partial charge < -0.3 is 5.11 Å². The lowest BCUT2D eigenvalue weighted by atomic mass is 9.74. The minimum absolute atomic E-state index is 0.343. The van der Waals surface area contributed by atoms with E-state index in [1.807, 2.05) is 0 Å². The molecule has 0 aromatic carbocycles. The first-order valence-corrected chi connectivity index (χ1v) is 6.34. The predicted octanol–water partition coefficient (Wildman–Crippen LogP) is 3.31. The van der Waals surface area contributed by atoms with Crippen molar-refractivity contribution in [3.8, 4) is 0 Å². The molecule has 0 saturated heterocycles. The Kier molecular flexibility index (Phi) is 2.78. The van der Waals surface area contributed by atoms with Crippen LogP contribution in [-0.4, -0.2) is 11.1 Å². The molecule has 0 amide bonds. The molecule has 2 aliphatic rings. The molecule has 0 spiro atoms. The van der Waals surface area contributed by atoms with Crippen molar-refractivity contribution < 1.29 is 9.90 Å². The van der Waals surface area contributed by atoms with Gasteiger partial charge in [0, 0.05) is 0 Å². The maximum atomic E-state index is 11.5. The van der Waals surface area contributed by atoms with E-state index in [2.05, 4.69) is 13.8 Å². The fourth-order valence-corrected chi connectivity index (χ4v) is 3.46. The van der Waals surface area contributed by atoms with E-state index in [9.17, 15) is 9.90 Å². The third kappa shape index (κ3) is 1.91. The van der Waals surface area contributed by atoms with Crippen molar-refractivity contribution in [1.82, 2.24) is 0 Å². The van der Waals surface area contributed by atoms with E-state index in [1.165, 1.54) is 6.42 Å². The van der Waals surface area contributed by atoms with Gasteiger partial charge in [-0.15, -0.1) is 0 Å². The normalized spacial score (nSPS) is 38.1. The number of hydrogen-bond donors (Lipinski definition) is 1. The van der Waals surface area contributed by atoms with E-state index < -0.39 is 5.97 Å². The molecule has 2 fully saturated rings. The highest BCUT2D eigenvalue weighted by atomic mass is 16.4. The molecule has 2 atom stereocenters. The molecule has 0 aromatic rings. The van der Waals surface area contributed by atoms with E-state index in [0.29, 0.717) is 5.92 Å². The van der Waals surface area contributed by atoms with E-state index >= 15 is 0 Å². The fraction of sp³-hybridized carbons (Fsp3) is 0.923. The summed E-state index contributed by atoms with van der Waals surface area (Å²) >= 11 is 0. The Morgan fingerprint density at radius 2 is 1.87 bits per heavy atom. The molecule has 0 radical (unpaired) electrons. The summed E-state index contributed by atoms with van der Waals surface area (Å²) in [6.45, 7) is 4.36. The monoisotopic (exact) mass is 210 g/mol. The van der Waals surface area contributed by atoms with Gasteiger partial charge in [0.1, 0.15) is 0 Å². The van der Waals surface area contributed by atoms with E-state index in [0.717, 1.165) is 43.9 Å². The average Bonchev–Trinajstić information content (AvgIpc) is 2.83. The highest BCUT2D eigenvalue weighted by Gasteiger charge is 2.57. The summed E-state index contributed by atoms with van der Waals surface area (Å²) in [7, 11) is 0. The summed E-state index contributed by atoms with van der Waals surface area (Å²) in [6.07, 6.45) is 6.40. The van der Waals surface area contributed by atoms with Crippen LogP contribution in [0.15, 0.2) is 0 Å². The number of aliphatic carboxylic acids is 1. The first-order valence-electron chi connectivity index (χ1n) is 6.34. The van der Waals surface area contributed by atoms with Gasteiger partial charge >= 0.3 is 5.97 Å². The molecule has 86 valence electrons. The Labute approximate surface area is 92.1 Å². The summed E-state index contributed by atoms with van der Waals surface area (Å²) in [5, 5.41) is 9.44. The van der Waals surface area contributed by atoms with Crippen LogP contribution in [-0.2, 0) is 4.79 Å². The number of rotatable bonds is 5. The van der Waals surface area contributed by atoms with Gasteiger partial charge in [-0.3, -0.25) is 4.79 Å². The van der Waals surface area contributed by atoms with Gasteiger partial charge in [0.05, 0.1) is 5.41 Å². The molecule has 2 rings (SSSR count). The molecule has 2 saturated carbocycles. The maximum Gasteiger partial charge on any atom is 0.309 e. The van der Waals surface area contributed by atoms with Crippen LogP contribution in [0.25, 0.3) is 0 Å². The molecule has 2 aliphatic carbocycles. The lowest BCUT2D eigenvalue weighted by molar-refractivity contribution is -0.150. The number of hydrogen-bond acceptors (Lipinski definition) is 1. The van der Waals surface area contributed by atoms with Crippen LogP contribution in [0.1, 0.15) is 52.4 Å². The van der Waals surface area contributed by atoms with Crippen molar-refractivity contribution in [3.05, 3.63) is 0 Å². The summed E-state index contributed by atoms with van der Waals surface area (Å²) in [4.78, 5) is 11.5. The molecule has 2 nitrogen and oxygen atoms in total. The molecule has 0 aromatic heterocycles. The summed E-state index contributed by atoms with van der Waals surface area (Å²) in [5.41, 5.74) is -0.343. The van der Waals surface area contributed by atoms with Crippen molar-refractivity contribution in [1.29, 1.82) is 0 Å². The minimum Gasteiger partial charge on any atom is -0.481 e. The van der Waals surface area contributed by atoms with Gasteiger partial charge in [-0.1, -0.05) is 26.7 Å². The van der Waals surface area contributed by atoms with Crippen molar-refractivity contribution in [2.24, 2.45) is 23.2 Å². The van der Waals surface area contributed by atoms with Crippen molar-refractivity contribution in [3.63, 3.8) is 0 Å². The molecule has 2 unspecified atom stereocenters. The van der Waals surface area contributed by atoms with Gasteiger partial charge in [0.2, 0.25) is 0 Å². The second-order valence-corrected chi connectivity index (χ2v) is 5.64. The van der Waals surface area contributed by atoms with Crippen LogP contribution >= 0.6 is 0 Å². The summed E-state index contributed by atoms with van der Waals surface area (Å²) in [6, 6.07) is 0. The minimum atomic E-state index is -0.526. The molecule has 15 heavy (non-hydrogen) atoms. The van der Waals surface area contributed by atoms with Crippen LogP contribution in [0, 0.1) is 23.2 Å². The standard InChI is InChI=1S/C13H22O2/c1-3-9(4-2)6-13(12(14)15)7-10-5-11(10)8-13/h9-11H,3-8H2,1-2H3,(H,14,15). The third-order valence-corrected chi connectivity index (χ3v) is 4.66. The predicted molar refractivity (Wildman–Crippen MR) is 59.6 cm³/mol. The molecule has 2 heteroatoms. The van der Waals surface area contributed by atoms with Gasteiger partial charge in [0.25, 0.3) is 0 Å². The zero-order valence-electron chi connectivity index (χ0n) is 9.83. The Morgan fingerprint density at radius 3 is 2.27 bits per heavy atom. The Hall–Kier alpha value is -0.530.